The zero-order chi connectivity index (χ0) is 12.4. The van der Waals surface area contributed by atoms with E-state index in [1.54, 1.807) is 12.1 Å². The highest BCUT2D eigenvalue weighted by atomic mass is 16.7. The Kier molecular flexibility index (Phi) is 4.21. The lowest BCUT2D eigenvalue weighted by molar-refractivity contribution is -0.0239. The van der Waals surface area contributed by atoms with E-state index in [1.165, 1.54) is 0 Å². The van der Waals surface area contributed by atoms with Crippen molar-refractivity contribution >= 4 is 7.12 Å². The molecule has 92 valence electrons. The summed E-state index contributed by atoms with van der Waals surface area (Å²) >= 11 is 0. The lowest BCUT2D eigenvalue weighted by atomic mass is 9.81. The van der Waals surface area contributed by atoms with Crippen LogP contribution in [0.25, 0.3) is 0 Å². The van der Waals surface area contributed by atoms with E-state index in [-0.39, 0.29) is 24.9 Å². The van der Waals surface area contributed by atoms with Gasteiger partial charge in [-0.3, -0.25) is 0 Å². The van der Waals surface area contributed by atoms with Crippen LogP contribution in [0.1, 0.15) is 41.0 Å². The lowest BCUT2D eigenvalue weighted by Gasteiger charge is -2.37. The highest BCUT2D eigenvalue weighted by molar-refractivity contribution is 6.51. The Morgan fingerprint density at radius 2 is 1.88 bits per heavy atom. The summed E-state index contributed by atoms with van der Waals surface area (Å²) < 4.78 is 11.8. The predicted octanol–water partition coefficient (Wildman–Crippen LogP) is 2.19. The van der Waals surface area contributed by atoms with E-state index < -0.39 is 0 Å². The Hall–Kier alpha value is -0.315. The summed E-state index contributed by atoms with van der Waals surface area (Å²) in [5.74, 6) is 2.33. The number of hydrogen-bond donors (Lipinski definition) is 1. The minimum absolute atomic E-state index is 0.0184. The summed E-state index contributed by atoms with van der Waals surface area (Å²) in [7, 11) is -0.342. The first-order chi connectivity index (χ1) is 7.31. The first-order valence-corrected chi connectivity index (χ1v) is 5.94. The van der Waals surface area contributed by atoms with Gasteiger partial charge in [-0.2, -0.15) is 0 Å². The molecule has 1 unspecified atom stereocenters. The molecule has 0 bridgehead atoms. The summed E-state index contributed by atoms with van der Waals surface area (Å²) in [5, 5.41) is 8.73. The molecule has 1 saturated heterocycles. The van der Waals surface area contributed by atoms with Crippen LogP contribution in [-0.4, -0.2) is 30.0 Å². The van der Waals surface area contributed by atoms with Crippen molar-refractivity contribution in [2.24, 2.45) is 5.92 Å². The Morgan fingerprint density at radius 3 is 2.38 bits per heavy atom. The molecule has 0 aromatic carbocycles. The topological polar surface area (TPSA) is 38.7 Å². The summed E-state index contributed by atoms with van der Waals surface area (Å²) in [6.45, 7) is 10.6. The molecule has 0 aromatic rings. The molecule has 0 spiro atoms. The van der Waals surface area contributed by atoms with Gasteiger partial charge in [-0.25, -0.2) is 0 Å². The molecular formula is C12H23BO3. The number of hydrogen-bond acceptors (Lipinski definition) is 3. The van der Waals surface area contributed by atoms with Crippen molar-refractivity contribution in [1.82, 2.24) is 0 Å². The first-order valence-electron chi connectivity index (χ1n) is 5.94. The van der Waals surface area contributed by atoms with Crippen molar-refractivity contribution in [3.63, 3.8) is 0 Å². The second-order valence-corrected chi connectivity index (χ2v) is 5.55. The molecule has 4 heteroatoms. The van der Waals surface area contributed by atoms with E-state index >= 15 is 0 Å². The van der Waals surface area contributed by atoms with Crippen molar-refractivity contribution in [1.29, 1.82) is 0 Å². The zero-order valence-electron chi connectivity index (χ0n) is 11.0. The largest absolute Gasteiger partial charge is 0.486 e. The highest BCUT2D eigenvalue weighted by Crippen LogP contribution is 2.41. The monoisotopic (exact) mass is 226 g/mol. The second kappa shape index (κ2) is 4.90. The molecule has 1 fully saturated rings. The van der Waals surface area contributed by atoms with E-state index in [9.17, 15) is 0 Å². The molecule has 0 radical (unpaired) electrons. The second-order valence-electron chi connectivity index (χ2n) is 5.55. The van der Waals surface area contributed by atoms with Crippen LogP contribution in [-0.2, 0) is 9.31 Å². The molecule has 1 heterocycles. The predicted molar refractivity (Wildman–Crippen MR) is 66.1 cm³/mol. The van der Waals surface area contributed by atoms with E-state index in [0.29, 0.717) is 5.92 Å². The molecule has 1 rings (SSSR count). The van der Waals surface area contributed by atoms with Crippen molar-refractivity contribution in [3.05, 3.63) is 12.1 Å². The molecule has 1 N–H and O–H groups in total. The maximum atomic E-state index is 8.73. The van der Waals surface area contributed by atoms with Crippen molar-refractivity contribution < 1.29 is 14.4 Å². The molecule has 0 amide bonds. The number of aliphatic hydroxyl groups is 1. The van der Waals surface area contributed by atoms with Gasteiger partial charge < -0.3 is 14.4 Å². The zero-order valence-corrected chi connectivity index (χ0v) is 11.0. The SMILES string of the molecule is CC(C)CC1(C)OB(C=CCO)OC1(C)C. The van der Waals surface area contributed by atoms with Crippen LogP contribution < -0.4 is 0 Å². The fraction of sp³-hybridized carbons (Fsp3) is 0.833. The van der Waals surface area contributed by atoms with E-state index in [4.69, 9.17) is 14.4 Å². The molecule has 1 aliphatic rings. The van der Waals surface area contributed by atoms with Gasteiger partial charge in [-0.05, 0) is 33.1 Å². The van der Waals surface area contributed by atoms with E-state index in [0.717, 1.165) is 6.42 Å². The Morgan fingerprint density at radius 1 is 1.25 bits per heavy atom. The van der Waals surface area contributed by atoms with Crippen molar-refractivity contribution in [2.45, 2.75) is 52.2 Å². The lowest BCUT2D eigenvalue weighted by Crippen LogP contribution is -2.45. The van der Waals surface area contributed by atoms with Crippen LogP contribution in [0.4, 0.5) is 0 Å². The van der Waals surface area contributed by atoms with Gasteiger partial charge in [0.25, 0.3) is 0 Å². The maximum Gasteiger partial charge on any atom is 0.486 e. The van der Waals surface area contributed by atoms with E-state index in [2.05, 4.69) is 34.6 Å². The van der Waals surface area contributed by atoms with E-state index in [1.807, 2.05) is 0 Å². The van der Waals surface area contributed by atoms with Crippen LogP contribution in [0.15, 0.2) is 12.1 Å². The standard InChI is InChI=1S/C12H23BO3/c1-10(2)9-12(5)11(3,4)15-13(16-12)7-6-8-14/h6-7,10,14H,8-9H2,1-5H3. The average Bonchev–Trinajstić information content (AvgIpc) is 2.32. The molecule has 0 aromatic heterocycles. The third-order valence-corrected chi connectivity index (χ3v) is 3.26. The minimum Gasteiger partial charge on any atom is -0.400 e. The maximum absolute atomic E-state index is 8.73. The molecule has 1 aliphatic heterocycles. The minimum atomic E-state index is -0.342. The molecule has 0 saturated carbocycles. The third-order valence-electron chi connectivity index (χ3n) is 3.26. The number of rotatable bonds is 4. The van der Waals surface area contributed by atoms with Gasteiger partial charge in [0, 0.05) is 0 Å². The smallest absolute Gasteiger partial charge is 0.400 e. The van der Waals surface area contributed by atoms with Crippen LogP contribution in [0.3, 0.4) is 0 Å². The molecule has 3 nitrogen and oxygen atoms in total. The first kappa shape index (κ1) is 13.7. The molecule has 16 heavy (non-hydrogen) atoms. The van der Waals surface area contributed by atoms with Gasteiger partial charge in [0.05, 0.1) is 17.8 Å². The molecule has 0 aliphatic carbocycles. The van der Waals surface area contributed by atoms with Gasteiger partial charge in [0.15, 0.2) is 0 Å². The quantitative estimate of drug-likeness (QED) is 0.747. The van der Waals surface area contributed by atoms with Gasteiger partial charge in [0.1, 0.15) is 0 Å². The van der Waals surface area contributed by atoms with Crippen molar-refractivity contribution in [3.8, 4) is 0 Å². The Bertz CT molecular complexity index is 263. The van der Waals surface area contributed by atoms with Crippen LogP contribution in [0.2, 0.25) is 0 Å². The van der Waals surface area contributed by atoms with Crippen LogP contribution >= 0.6 is 0 Å². The summed E-state index contributed by atoms with van der Waals surface area (Å²) in [4.78, 5) is 0. The molecule has 1 atom stereocenters. The summed E-state index contributed by atoms with van der Waals surface area (Å²) in [6, 6.07) is 0. The van der Waals surface area contributed by atoms with Gasteiger partial charge in [-0.15, -0.1) is 0 Å². The van der Waals surface area contributed by atoms with Crippen LogP contribution in [0.5, 0.6) is 0 Å². The average molecular weight is 226 g/mol. The summed E-state index contributed by atoms with van der Waals surface area (Å²) in [6.07, 6.45) is 2.62. The van der Waals surface area contributed by atoms with Gasteiger partial charge in [0.2, 0.25) is 0 Å². The van der Waals surface area contributed by atoms with Crippen molar-refractivity contribution in [2.75, 3.05) is 6.61 Å². The number of aliphatic hydroxyl groups excluding tert-OH is 1. The summed E-state index contributed by atoms with van der Waals surface area (Å²) in [5.41, 5.74) is -0.576. The van der Waals surface area contributed by atoms with Crippen LogP contribution in [0, 0.1) is 5.92 Å². The highest BCUT2D eigenvalue weighted by Gasteiger charge is 2.52. The fourth-order valence-electron chi connectivity index (χ4n) is 2.16. The Balaban J connectivity index is 2.75. The normalized spacial score (nSPS) is 29.6. The Labute approximate surface area is 99.0 Å². The third kappa shape index (κ3) is 2.87. The van der Waals surface area contributed by atoms with Gasteiger partial charge in [-0.1, -0.05) is 25.9 Å². The molecular weight excluding hydrogens is 203 g/mol. The van der Waals surface area contributed by atoms with Gasteiger partial charge >= 0.3 is 7.12 Å². The fourth-order valence-corrected chi connectivity index (χ4v) is 2.16.